The standard InChI is InChI=1S/C12H19N3OS/c1-10-13-11(9-17-10)3-4-12(16)15-7-5-14(2)6-8-15/h9H,3-8H2,1-2H3. The molecular formula is C12H19N3OS. The van der Waals surface area contributed by atoms with Gasteiger partial charge in [0.1, 0.15) is 0 Å². The molecule has 5 heteroatoms. The molecule has 0 aromatic carbocycles. The van der Waals surface area contributed by atoms with E-state index < -0.39 is 0 Å². The van der Waals surface area contributed by atoms with Crippen molar-refractivity contribution in [2.75, 3.05) is 33.2 Å². The van der Waals surface area contributed by atoms with Crippen LogP contribution in [0, 0.1) is 6.92 Å². The van der Waals surface area contributed by atoms with Crippen LogP contribution in [0.2, 0.25) is 0 Å². The molecule has 1 aromatic rings. The van der Waals surface area contributed by atoms with Gasteiger partial charge in [-0.3, -0.25) is 4.79 Å². The number of rotatable bonds is 3. The molecule has 4 nitrogen and oxygen atoms in total. The average Bonchev–Trinajstić information content (AvgIpc) is 2.73. The van der Waals surface area contributed by atoms with Crippen LogP contribution in [0.5, 0.6) is 0 Å². The van der Waals surface area contributed by atoms with Crippen molar-refractivity contribution in [3.8, 4) is 0 Å². The normalized spacial score (nSPS) is 17.4. The van der Waals surface area contributed by atoms with Gasteiger partial charge >= 0.3 is 0 Å². The van der Waals surface area contributed by atoms with Gasteiger partial charge in [-0.05, 0) is 20.4 Å². The third-order valence-electron chi connectivity index (χ3n) is 3.12. The Morgan fingerprint density at radius 1 is 1.41 bits per heavy atom. The Bertz CT molecular complexity index is 383. The molecule has 0 spiro atoms. The highest BCUT2D eigenvalue weighted by Crippen LogP contribution is 2.11. The van der Waals surface area contributed by atoms with Crippen LogP contribution in [0.15, 0.2) is 5.38 Å². The lowest BCUT2D eigenvalue weighted by atomic mass is 10.2. The summed E-state index contributed by atoms with van der Waals surface area (Å²) in [5.41, 5.74) is 1.05. The van der Waals surface area contributed by atoms with E-state index in [-0.39, 0.29) is 5.91 Å². The van der Waals surface area contributed by atoms with E-state index in [0.717, 1.165) is 43.3 Å². The molecule has 1 aromatic heterocycles. The predicted molar refractivity (Wildman–Crippen MR) is 69.2 cm³/mol. The van der Waals surface area contributed by atoms with Crippen molar-refractivity contribution >= 4 is 17.2 Å². The minimum absolute atomic E-state index is 0.267. The summed E-state index contributed by atoms with van der Waals surface area (Å²) in [6.07, 6.45) is 1.36. The summed E-state index contributed by atoms with van der Waals surface area (Å²) in [6.45, 7) is 5.70. The monoisotopic (exact) mass is 253 g/mol. The summed E-state index contributed by atoms with van der Waals surface area (Å²) < 4.78 is 0. The summed E-state index contributed by atoms with van der Waals surface area (Å²) in [6, 6.07) is 0. The highest BCUT2D eigenvalue weighted by Gasteiger charge is 2.18. The van der Waals surface area contributed by atoms with Crippen molar-refractivity contribution in [2.45, 2.75) is 19.8 Å². The smallest absolute Gasteiger partial charge is 0.223 e. The van der Waals surface area contributed by atoms with E-state index in [9.17, 15) is 4.79 Å². The molecule has 0 aliphatic carbocycles. The maximum atomic E-state index is 12.0. The summed E-state index contributed by atoms with van der Waals surface area (Å²) >= 11 is 1.65. The quantitative estimate of drug-likeness (QED) is 0.811. The van der Waals surface area contributed by atoms with Crippen LogP contribution in [0.1, 0.15) is 17.1 Å². The molecule has 0 atom stereocenters. The first-order chi connectivity index (χ1) is 8.15. The van der Waals surface area contributed by atoms with Crippen LogP contribution in [0.25, 0.3) is 0 Å². The molecule has 1 amide bonds. The molecule has 1 fully saturated rings. The van der Waals surface area contributed by atoms with Crippen molar-refractivity contribution in [2.24, 2.45) is 0 Å². The zero-order chi connectivity index (χ0) is 12.3. The summed E-state index contributed by atoms with van der Waals surface area (Å²) in [4.78, 5) is 20.6. The highest BCUT2D eigenvalue weighted by molar-refractivity contribution is 7.09. The van der Waals surface area contributed by atoms with Crippen LogP contribution in [-0.4, -0.2) is 53.9 Å². The van der Waals surface area contributed by atoms with Crippen LogP contribution >= 0.6 is 11.3 Å². The fraction of sp³-hybridized carbons (Fsp3) is 0.667. The topological polar surface area (TPSA) is 36.4 Å². The molecule has 17 heavy (non-hydrogen) atoms. The van der Waals surface area contributed by atoms with E-state index in [1.807, 2.05) is 17.2 Å². The Labute approximate surface area is 106 Å². The molecule has 0 radical (unpaired) electrons. The lowest BCUT2D eigenvalue weighted by Gasteiger charge is -2.32. The third kappa shape index (κ3) is 3.51. The SMILES string of the molecule is Cc1nc(CCC(=O)N2CCN(C)CC2)cs1. The molecule has 0 saturated carbocycles. The van der Waals surface area contributed by atoms with Crippen LogP contribution in [-0.2, 0) is 11.2 Å². The second-order valence-electron chi connectivity index (χ2n) is 4.54. The fourth-order valence-electron chi connectivity index (χ4n) is 1.97. The molecule has 1 aliphatic rings. The van der Waals surface area contributed by atoms with Crippen LogP contribution < -0.4 is 0 Å². The number of hydrogen-bond donors (Lipinski definition) is 0. The van der Waals surface area contributed by atoms with Gasteiger partial charge < -0.3 is 9.80 Å². The van der Waals surface area contributed by atoms with Crippen LogP contribution in [0.4, 0.5) is 0 Å². The zero-order valence-electron chi connectivity index (χ0n) is 10.5. The largest absolute Gasteiger partial charge is 0.340 e. The Kier molecular flexibility index (Phi) is 4.12. The van der Waals surface area contributed by atoms with Crippen molar-refractivity contribution < 1.29 is 4.79 Å². The van der Waals surface area contributed by atoms with Crippen molar-refractivity contribution in [3.63, 3.8) is 0 Å². The Morgan fingerprint density at radius 2 is 2.12 bits per heavy atom. The van der Waals surface area contributed by atoms with Gasteiger partial charge in [0.15, 0.2) is 0 Å². The molecule has 1 aliphatic heterocycles. The number of aromatic nitrogens is 1. The summed E-state index contributed by atoms with van der Waals surface area (Å²) in [5.74, 6) is 0.267. The van der Waals surface area contributed by atoms with E-state index in [1.165, 1.54) is 0 Å². The van der Waals surface area contributed by atoms with Crippen molar-refractivity contribution in [1.82, 2.24) is 14.8 Å². The number of likely N-dealkylation sites (N-methyl/N-ethyl adjacent to an activating group) is 1. The maximum Gasteiger partial charge on any atom is 0.223 e. The third-order valence-corrected chi connectivity index (χ3v) is 3.94. The van der Waals surface area contributed by atoms with Gasteiger partial charge in [0.2, 0.25) is 5.91 Å². The zero-order valence-corrected chi connectivity index (χ0v) is 11.3. The molecule has 94 valence electrons. The maximum absolute atomic E-state index is 12.0. The minimum Gasteiger partial charge on any atom is -0.340 e. The second kappa shape index (κ2) is 5.60. The molecular weight excluding hydrogens is 234 g/mol. The lowest BCUT2D eigenvalue weighted by molar-refractivity contribution is -0.132. The van der Waals surface area contributed by atoms with E-state index in [1.54, 1.807) is 11.3 Å². The van der Waals surface area contributed by atoms with E-state index >= 15 is 0 Å². The van der Waals surface area contributed by atoms with Gasteiger partial charge in [0, 0.05) is 38.0 Å². The fourth-order valence-corrected chi connectivity index (χ4v) is 2.62. The number of thiazole rings is 1. The van der Waals surface area contributed by atoms with Crippen molar-refractivity contribution in [1.29, 1.82) is 0 Å². The number of carbonyl (C=O) groups excluding carboxylic acids is 1. The Balaban J connectivity index is 1.77. The predicted octanol–water partition coefficient (Wildman–Crippen LogP) is 1.16. The number of amides is 1. The molecule has 0 N–H and O–H groups in total. The van der Waals surface area contributed by atoms with E-state index in [0.29, 0.717) is 6.42 Å². The Hall–Kier alpha value is -0.940. The summed E-state index contributed by atoms with van der Waals surface area (Å²) in [7, 11) is 2.10. The number of piperazine rings is 1. The highest BCUT2D eigenvalue weighted by atomic mass is 32.1. The van der Waals surface area contributed by atoms with Gasteiger partial charge in [-0.15, -0.1) is 11.3 Å². The first-order valence-electron chi connectivity index (χ1n) is 6.02. The first-order valence-corrected chi connectivity index (χ1v) is 6.90. The number of carbonyl (C=O) groups is 1. The minimum atomic E-state index is 0.267. The van der Waals surface area contributed by atoms with Gasteiger partial charge in [-0.25, -0.2) is 4.98 Å². The van der Waals surface area contributed by atoms with Crippen LogP contribution in [0.3, 0.4) is 0 Å². The number of aryl methyl sites for hydroxylation is 2. The molecule has 1 saturated heterocycles. The molecule has 2 rings (SSSR count). The second-order valence-corrected chi connectivity index (χ2v) is 5.60. The molecule has 2 heterocycles. The van der Waals surface area contributed by atoms with Gasteiger partial charge in [-0.1, -0.05) is 0 Å². The molecule has 0 bridgehead atoms. The lowest BCUT2D eigenvalue weighted by Crippen LogP contribution is -2.47. The first kappa shape index (κ1) is 12.5. The van der Waals surface area contributed by atoms with E-state index in [4.69, 9.17) is 0 Å². The van der Waals surface area contributed by atoms with Crippen molar-refractivity contribution in [3.05, 3.63) is 16.1 Å². The van der Waals surface area contributed by atoms with Gasteiger partial charge in [-0.2, -0.15) is 0 Å². The summed E-state index contributed by atoms with van der Waals surface area (Å²) in [5, 5.41) is 3.12. The van der Waals surface area contributed by atoms with Gasteiger partial charge in [0.05, 0.1) is 10.7 Å². The number of hydrogen-bond acceptors (Lipinski definition) is 4. The number of nitrogens with zero attached hydrogens (tertiary/aromatic N) is 3. The van der Waals surface area contributed by atoms with Gasteiger partial charge in [0.25, 0.3) is 0 Å². The average molecular weight is 253 g/mol. The van der Waals surface area contributed by atoms with E-state index in [2.05, 4.69) is 16.9 Å². The Morgan fingerprint density at radius 3 is 2.71 bits per heavy atom. The molecule has 0 unspecified atom stereocenters.